The maximum Gasteiger partial charge on any atom is 0.0110 e. The molecular weight excluding hydrogens is 184 g/mol. The van der Waals surface area contributed by atoms with Crippen molar-refractivity contribution in [2.75, 3.05) is 13.1 Å². The first-order valence-electron chi connectivity index (χ1n) is 6.81. The summed E-state index contributed by atoms with van der Waals surface area (Å²) >= 11 is 0. The van der Waals surface area contributed by atoms with Gasteiger partial charge >= 0.3 is 0 Å². The van der Waals surface area contributed by atoms with Crippen molar-refractivity contribution >= 4 is 0 Å². The van der Waals surface area contributed by atoms with E-state index in [9.17, 15) is 0 Å². The molecule has 2 heteroatoms. The van der Waals surface area contributed by atoms with E-state index in [1.54, 1.807) is 0 Å². The summed E-state index contributed by atoms with van der Waals surface area (Å²) in [7, 11) is 0. The van der Waals surface area contributed by atoms with Gasteiger partial charge < -0.3 is 5.73 Å². The molecule has 0 heterocycles. The highest BCUT2D eigenvalue weighted by atomic mass is 15.2. The van der Waals surface area contributed by atoms with Crippen molar-refractivity contribution in [3.05, 3.63) is 0 Å². The molecule has 0 saturated heterocycles. The van der Waals surface area contributed by atoms with E-state index < -0.39 is 0 Å². The Labute approximate surface area is 94.2 Å². The molecule has 2 nitrogen and oxygen atoms in total. The van der Waals surface area contributed by atoms with E-state index in [0.717, 1.165) is 31.1 Å². The fourth-order valence-corrected chi connectivity index (χ4v) is 3.10. The molecule has 0 radical (unpaired) electrons. The molecule has 2 saturated carbocycles. The second-order valence-electron chi connectivity index (χ2n) is 5.34. The van der Waals surface area contributed by atoms with Gasteiger partial charge in [0.05, 0.1) is 0 Å². The zero-order valence-electron chi connectivity index (χ0n) is 10.1. The first kappa shape index (κ1) is 11.4. The molecule has 0 aromatic heterocycles. The van der Waals surface area contributed by atoms with Crippen LogP contribution in [0, 0.1) is 5.92 Å². The fraction of sp³-hybridized carbons (Fsp3) is 1.00. The highest BCUT2D eigenvalue weighted by Gasteiger charge is 2.34. The monoisotopic (exact) mass is 210 g/mol. The summed E-state index contributed by atoms with van der Waals surface area (Å²) < 4.78 is 0. The maximum absolute atomic E-state index is 5.71. The average molecular weight is 210 g/mol. The smallest absolute Gasteiger partial charge is 0.0110 e. The first-order valence-corrected chi connectivity index (χ1v) is 6.81. The normalized spacial score (nSPS) is 32.2. The molecule has 2 N–H and O–H groups in total. The average Bonchev–Trinajstić information content (AvgIpc) is 3.10. The van der Waals surface area contributed by atoms with Crippen LogP contribution in [0.3, 0.4) is 0 Å². The lowest BCUT2D eigenvalue weighted by atomic mass is 9.84. The van der Waals surface area contributed by atoms with Gasteiger partial charge in [-0.25, -0.2) is 0 Å². The molecule has 0 aromatic rings. The van der Waals surface area contributed by atoms with E-state index in [-0.39, 0.29) is 0 Å². The summed E-state index contributed by atoms with van der Waals surface area (Å²) in [6, 6.07) is 1.76. The van der Waals surface area contributed by atoms with Crippen LogP contribution >= 0.6 is 0 Å². The zero-order valence-corrected chi connectivity index (χ0v) is 10.1. The SMILES string of the molecule is CCC1CCC(N(CCN)C2CC2)CC1. The number of nitrogens with two attached hydrogens (primary N) is 1. The maximum atomic E-state index is 5.71. The molecule has 2 fully saturated rings. The molecule has 0 aliphatic heterocycles. The molecular formula is C13H26N2. The first-order chi connectivity index (χ1) is 7.35. The second-order valence-corrected chi connectivity index (χ2v) is 5.34. The molecule has 0 unspecified atom stereocenters. The van der Waals surface area contributed by atoms with Gasteiger partial charge in [-0.15, -0.1) is 0 Å². The Kier molecular flexibility index (Phi) is 4.04. The number of nitrogens with zero attached hydrogens (tertiary/aromatic N) is 1. The lowest BCUT2D eigenvalue weighted by Gasteiger charge is -2.36. The summed E-state index contributed by atoms with van der Waals surface area (Å²) in [6.45, 7) is 4.31. The van der Waals surface area contributed by atoms with Crippen LogP contribution in [-0.4, -0.2) is 30.1 Å². The van der Waals surface area contributed by atoms with Gasteiger partial charge in [0, 0.05) is 25.2 Å². The molecule has 2 aliphatic rings. The van der Waals surface area contributed by atoms with Crippen LogP contribution in [0.25, 0.3) is 0 Å². The van der Waals surface area contributed by atoms with Crippen molar-refractivity contribution in [1.29, 1.82) is 0 Å². The minimum absolute atomic E-state index is 0.838. The molecule has 2 rings (SSSR count). The summed E-state index contributed by atoms with van der Waals surface area (Å²) in [5.74, 6) is 1.01. The van der Waals surface area contributed by atoms with E-state index in [2.05, 4.69) is 11.8 Å². The molecule has 0 spiro atoms. The Balaban J connectivity index is 1.81. The summed E-state index contributed by atoms with van der Waals surface area (Å²) in [4.78, 5) is 2.71. The third-order valence-corrected chi connectivity index (χ3v) is 4.27. The van der Waals surface area contributed by atoms with Crippen molar-refractivity contribution in [3.8, 4) is 0 Å². The minimum Gasteiger partial charge on any atom is -0.329 e. The van der Waals surface area contributed by atoms with Gasteiger partial charge in [0.25, 0.3) is 0 Å². The van der Waals surface area contributed by atoms with E-state index in [1.807, 2.05) is 0 Å². The molecule has 0 bridgehead atoms. The highest BCUT2D eigenvalue weighted by molar-refractivity contribution is 4.90. The largest absolute Gasteiger partial charge is 0.329 e. The van der Waals surface area contributed by atoms with Crippen molar-refractivity contribution in [2.45, 2.75) is 64.0 Å². The lowest BCUT2D eigenvalue weighted by Crippen LogP contribution is -2.42. The van der Waals surface area contributed by atoms with Crippen LogP contribution in [0.15, 0.2) is 0 Å². The van der Waals surface area contributed by atoms with Crippen LogP contribution in [0.5, 0.6) is 0 Å². The summed E-state index contributed by atoms with van der Waals surface area (Å²) in [5, 5.41) is 0. The molecule has 2 aliphatic carbocycles. The Morgan fingerprint density at radius 3 is 1.93 bits per heavy atom. The predicted molar refractivity (Wildman–Crippen MR) is 64.8 cm³/mol. The van der Waals surface area contributed by atoms with E-state index in [4.69, 9.17) is 5.73 Å². The van der Waals surface area contributed by atoms with Gasteiger partial charge in [0.2, 0.25) is 0 Å². The van der Waals surface area contributed by atoms with E-state index >= 15 is 0 Å². The summed E-state index contributed by atoms with van der Waals surface area (Å²) in [6.07, 6.45) is 9.99. The Bertz CT molecular complexity index is 181. The number of hydrogen-bond acceptors (Lipinski definition) is 2. The minimum atomic E-state index is 0.838. The number of rotatable bonds is 5. The van der Waals surface area contributed by atoms with Crippen LogP contribution in [0.1, 0.15) is 51.9 Å². The Morgan fingerprint density at radius 2 is 1.53 bits per heavy atom. The summed E-state index contributed by atoms with van der Waals surface area (Å²) in [5.41, 5.74) is 5.71. The van der Waals surface area contributed by atoms with Gasteiger partial charge in [0.1, 0.15) is 0 Å². The van der Waals surface area contributed by atoms with Gasteiger partial charge in [-0.05, 0) is 44.4 Å². The van der Waals surface area contributed by atoms with Crippen LogP contribution in [0.2, 0.25) is 0 Å². The van der Waals surface area contributed by atoms with Crippen LogP contribution in [-0.2, 0) is 0 Å². The standard InChI is InChI=1S/C13H26N2/c1-2-11-3-5-12(6-4-11)15(10-9-14)13-7-8-13/h11-13H,2-10,14H2,1H3. The quantitative estimate of drug-likeness (QED) is 0.755. The molecule has 0 aromatic carbocycles. The van der Waals surface area contributed by atoms with Gasteiger partial charge in [-0.1, -0.05) is 13.3 Å². The topological polar surface area (TPSA) is 29.3 Å². The van der Waals surface area contributed by atoms with E-state index in [1.165, 1.54) is 44.9 Å². The van der Waals surface area contributed by atoms with Crippen LogP contribution < -0.4 is 5.73 Å². The molecule has 0 atom stereocenters. The lowest BCUT2D eigenvalue weighted by molar-refractivity contribution is 0.130. The van der Waals surface area contributed by atoms with Gasteiger partial charge in [-0.2, -0.15) is 0 Å². The molecule has 0 amide bonds. The predicted octanol–water partition coefficient (Wildman–Crippen LogP) is 2.38. The third-order valence-electron chi connectivity index (χ3n) is 4.27. The van der Waals surface area contributed by atoms with Crippen molar-refractivity contribution in [3.63, 3.8) is 0 Å². The number of hydrogen-bond donors (Lipinski definition) is 1. The fourth-order valence-electron chi connectivity index (χ4n) is 3.10. The van der Waals surface area contributed by atoms with Crippen molar-refractivity contribution in [2.24, 2.45) is 11.7 Å². The third kappa shape index (κ3) is 2.94. The highest BCUT2D eigenvalue weighted by Crippen LogP contribution is 2.35. The Morgan fingerprint density at radius 1 is 1.00 bits per heavy atom. The second kappa shape index (κ2) is 5.31. The van der Waals surface area contributed by atoms with Crippen molar-refractivity contribution in [1.82, 2.24) is 4.90 Å². The van der Waals surface area contributed by atoms with Gasteiger partial charge in [0.15, 0.2) is 0 Å². The van der Waals surface area contributed by atoms with E-state index in [0.29, 0.717) is 0 Å². The molecule has 88 valence electrons. The zero-order chi connectivity index (χ0) is 10.7. The van der Waals surface area contributed by atoms with Gasteiger partial charge in [-0.3, -0.25) is 4.90 Å². The Hall–Kier alpha value is -0.0800. The van der Waals surface area contributed by atoms with Crippen molar-refractivity contribution < 1.29 is 0 Å². The van der Waals surface area contributed by atoms with Crippen LogP contribution in [0.4, 0.5) is 0 Å². The molecule has 15 heavy (non-hydrogen) atoms.